The third-order valence-electron chi connectivity index (χ3n) is 10.2. The summed E-state index contributed by atoms with van der Waals surface area (Å²) in [6.45, 7) is 9.28. The fraction of sp³-hybridized carbons (Fsp3) is 0.852. The summed E-state index contributed by atoms with van der Waals surface area (Å²) in [6.07, 6.45) is 0.624. The molecule has 0 unspecified atom stereocenters. The van der Waals surface area contributed by atoms with Crippen molar-refractivity contribution in [2.24, 2.45) is 34.5 Å². The van der Waals surface area contributed by atoms with Gasteiger partial charge in [0.2, 0.25) is 0 Å². The standard InChI is InChI=1S/C27H42O7/c1-14(2)6-7-22(32)26(5,33)21-8-9-27(34)16-11-17(28)15-10-18(29)19(30)12-24(15,3)23(16)20(31)13-25(21,27)4/h11,14-15,18-21,23,29-31,33-34H,6-10,12-13H2,1-5H3/t15-,18+,19-,20+,21-,23+,24-,25+,26-,27+/m0/s1. The lowest BCUT2D eigenvalue weighted by Gasteiger charge is -2.61. The Morgan fingerprint density at radius 3 is 2.41 bits per heavy atom. The van der Waals surface area contributed by atoms with Gasteiger partial charge in [-0.15, -0.1) is 0 Å². The molecule has 10 atom stereocenters. The molecule has 4 rings (SSSR count). The van der Waals surface area contributed by atoms with Crippen LogP contribution in [0.25, 0.3) is 0 Å². The smallest absolute Gasteiger partial charge is 0.164 e. The Kier molecular flexibility index (Phi) is 6.26. The lowest BCUT2D eigenvalue weighted by molar-refractivity contribution is -0.186. The largest absolute Gasteiger partial charge is 0.392 e. The van der Waals surface area contributed by atoms with Crippen LogP contribution in [0.1, 0.15) is 79.6 Å². The van der Waals surface area contributed by atoms with Crippen LogP contribution in [0.2, 0.25) is 0 Å². The first-order valence-electron chi connectivity index (χ1n) is 12.9. The van der Waals surface area contributed by atoms with Crippen molar-refractivity contribution in [1.29, 1.82) is 0 Å². The highest BCUT2D eigenvalue weighted by atomic mass is 16.3. The van der Waals surface area contributed by atoms with Crippen molar-refractivity contribution in [3.8, 4) is 0 Å². The first-order chi connectivity index (χ1) is 15.6. The van der Waals surface area contributed by atoms with E-state index in [-0.39, 0.29) is 43.7 Å². The summed E-state index contributed by atoms with van der Waals surface area (Å²) < 4.78 is 0. The molecule has 0 heterocycles. The quantitative estimate of drug-likeness (QED) is 0.407. The number of allylic oxidation sites excluding steroid dienone is 1. The maximum atomic E-state index is 13.3. The maximum absolute atomic E-state index is 13.3. The summed E-state index contributed by atoms with van der Waals surface area (Å²) in [7, 11) is 0. The molecule has 0 bridgehead atoms. The Hall–Kier alpha value is -1.12. The van der Waals surface area contributed by atoms with E-state index < -0.39 is 58.1 Å². The molecule has 0 amide bonds. The van der Waals surface area contributed by atoms with E-state index in [1.165, 1.54) is 13.0 Å². The van der Waals surface area contributed by atoms with Gasteiger partial charge in [0.25, 0.3) is 0 Å². The van der Waals surface area contributed by atoms with Gasteiger partial charge in [-0.3, -0.25) is 9.59 Å². The lowest BCUT2D eigenvalue weighted by atomic mass is 9.45. The van der Waals surface area contributed by atoms with Gasteiger partial charge in [-0.1, -0.05) is 27.7 Å². The van der Waals surface area contributed by atoms with E-state index >= 15 is 0 Å². The summed E-state index contributed by atoms with van der Waals surface area (Å²) >= 11 is 0. The molecule has 3 saturated carbocycles. The van der Waals surface area contributed by atoms with Crippen LogP contribution >= 0.6 is 0 Å². The number of carbonyl (C=O) groups is 2. The molecule has 0 spiro atoms. The van der Waals surface area contributed by atoms with Crippen LogP contribution in [0, 0.1) is 34.5 Å². The minimum atomic E-state index is -1.66. The third kappa shape index (κ3) is 3.49. The minimum absolute atomic E-state index is 0.126. The van der Waals surface area contributed by atoms with Gasteiger partial charge in [0.15, 0.2) is 11.6 Å². The number of carbonyl (C=O) groups excluding carboxylic acids is 2. The van der Waals surface area contributed by atoms with E-state index in [4.69, 9.17) is 0 Å². The molecule has 192 valence electrons. The second-order valence-electron chi connectivity index (χ2n) is 12.8. The molecule has 0 aromatic rings. The van der Waals surface area contributed by atoms with E-state index in [0.29, 0.717) is 24.3 Å². The summed E-state index contributed by atoms with van der Waals surface area (Å²) in [5.41, 5.74) is -4.44. The van der Waals surface area contributed by atoms with Crippen LogP contribution in [0.5, 0.6) is 0 Å². The Morgan fingerprint density at radius 2 is 1.79 bits per heavy atom. The van der Waals surface area contributed by atoms with Crippen LogP contribution in [-0.2, 0) is 9.59 Å². The second kappa shape index (κ2) is 8.20. The fourth-order valence-electron chi connectivity index (χ4n) is 8.26. The van der Waals surface area contributed by atoms with Crippen LogP contribution in [0.15, 0.2) is 11.6 Å². The van der Waals surface area contributed by atoms with Gasteiger partial charge in [0.05, 0.1) is 23.9 Å². The van der Waals surface area contributed by atoms with Crippen molar-refractivity contribution in [3.63, 3.8) is 0 Å². The molecule has 0 aromatic heterocycles. The Bertz CT molecular complexity index is 893. The SMILES string of the molecule is CC(C)CCC(=O)[C@@](C)(O)[C@H]1CC[C@@]2(O)C3=CC(=O)[C@@H]4C[C@@H](O)[C@@H](O)C[C@]4(C)[C@H]3[C@H](O)C[C@]12C. The Morgan fingerprint density at radius 1 is 1.15 bits per heavy atom. The molecule has 7 heteroatoms. The highest BCUT2D eigenvalue weighted by molar-refractivity contribution is 5.95. The molecule has 4 aliphatic carbocycles. The van der Waals surface area contributed by atoms with Crippen molar-refractivity contribution in [2.75, 3.05) is 0 Å². The number of hydrogen-bond donors (Lipinski definition) is 5. The van der Waals surface area contributed by atoms with Crippen molar-refractivity contribution >= 4 is 11.6 Å². The molecule has 0 radical (unpaired) electrons. The van der Waals surface area contributed by atoms with Gasteiger partial charge in [0, 0.05) is 29.6 Å². The number of hydrogen-bond acceptors (Lipinski definition) is 7. The topological polar surface area (TPSA) is 135 Å². The van der Waals surface area contributed by atoms with Crippen molar-refractivity contribution in [1.82, 2.24) is 0 Å². The zero-order valence-electron chi connectivity index (χ0n) is 21.1. The molecule has 0 aliphatic heterocycles. The molecule has 0 aromatic carbocycles. The van der Waals surface area contributed by atoms with E-state index in [1.807, 2.05) is 27.7 Å². The van der Waals surface area contributed by atoms with Crippen LogP contribution in [-0.4, -0.2) is 66.6 Å². The summed E-state index contributed by atoms with van der Waals surface area (Å²) in [6, 6.07) is 0. The maximum Gasteiger partial charge on any atom is 0.164 e. The van der Waals surface area contributed by atoms with Crippen molar-refractivity contribution < 1.29 is 35.1 Å². The molecular formula is C27H42O7. The highest BCUT2D eigenvalue weighted by Gasteiger charge is 2.71. The Labute approximate surface area is 202 Å². The van der Waals surface area contributed by atoms with Crippen molar-refractivity contribution in [3.05, 3.63) is 11.6 Å². The van der Waals surface area contributed by atoms with Gasteiger partial charge in [-0.25, -0.2) is 0 Å². The number of aliphatic hydroxyl groups excluding tert-OH is 3. The van der Waals surface area contributed by atoms with Crippen LogP contribution < -0.4 is 0 Å². The van der Waals surface area contributed by atoms with Gasteiger partial charge in [-0.2, -0.15) is 0 Å². The van der Waals surface area contributed by atoms with E-state index in [0.717, 1.165) is 0 Å². The number of aliphatic hydroxyl groups is 5. The van der Waals surface area contributed by atoms with Gasteiger partial charge < -0.3 is 25.5 Å². The summed E-state index contributed by atoms with van der Waals surface area (Å²) in [5, 5.41) is 55.8. The number of rotatable bonds is 5. The normalized spacial score (nSPS) is 48.0. The Balaban J connectivity index is 1.73. The van der Waals surface area contributed by atoms with E-state index in [1.54, 1.807) is 0 Å². The molecule has 5 N–H and O–H groups in total. The monoisotopic (exact) mass is 478 g/mol. The lowest BCUT2D eigenvalue weighted by Crippen LogP contribution is -2.66. The second-order valence-corrected chi connectivity index (χ2v) is 12.8. The molecular weight excluding hydrogens is 436 g/mol. The minimum Gasteiger partial charge on any atom is -0.392 e. The average Bonchev–Trinajstić information content (AvgIpc) is 2.99. The molecule has 7 nitrogen and oxygen atoms in total. The third-order valence-corrected chi connectivity index (χ3v) is 10.2. The van der Waals surface area contributed by atoms with Gasteiger partial charge >= 0.3 is 0 Å². The number of Topliss-reactive ketones (excluding diaryl/α,β-unsaturated/α-hetero) is 1. The van der Waals surface area contributed by atoms with E-state index in [2.05, 4.69) is 0 Å². The molecule has 3 fully saturated rings. The highest BCUT2D eigenvalue weighted by Crippen LogP contribution is 2.68. The van der Waals surface area contributed by atoms with Crippen LogP contribution in [0.3, 0.4) is 0 Å². The summed E-state index contributed by atoms with van der Waals surface area (Å²) in [4.78, 5) is 26.3. The molecule has 34 heavy (non-hydrogen) atoms. The summed E-state index contributed by atoms with van der Waals surface area (Å²) in [5.74, 6) is -1.78. The average molecular weight is 479 g/mol. The van der Waals surface area contributed by atoms with Crippen LogP contribution in [0.4, 0.5) is 0 Å². The number of fused-ring (bicyclic) bond motifs is 5. The molecule has 0 saturated heterocycles. The first kappa shape index (κ1) is 26.0. The first-order valence-corrected chi connectivity index (χ1v) is 12.9. The van der Waals surface area contributed by atoms with Crippen molar-refractivity contribution in [2.45, 2.75) is 109 Å². The number of ketones is 2. The zero-order chi connectivity index (χ0) is 25.4. The fourth-order valence-corrected chi connectivity index (χ4v) is 8.26. The zero-order valence-corrected chi connectivity index (χ0v) is 21.1. The predicted octanol–water partition coefficient (Wildman–Crippen LogP) is 1.92. The van der Waals surface area contributed by atoms with E-state index in [9.17, 15) is 35.1 Å². The molecule has 4 aliphatic rings. The van der Waals surface area contributed by atoms with Gasteiger partial charge in [-0.05, 0) is 68.4 Å². The van der Waals surface area contributed by atoms with Gasteiger partial charge in [0.1, 0.15) is 5.60 Å². The predicted molar refractivity (Wildman–Crippen MR) is 126 cm³/mol.